The van der Waals surface area contributed by atoms with Gasteiger partial charge in [0.2, 0.25) is 0 Å². The van der Waals surface area contributed by atoms with Crippen LogP contribution in [0, 0.1) is 0 Å². The molecular weight excluding hydrogens is 184 g/mol. The van der Waals surface area contributed by atoms with Crippen molar-refractivity contribution in [2.24, 2.45) is 0 Å². The van der Waals surface area contributed by atoms with Gasteiger partial charge in [-0.05, 0) is 6.42 Å². The Morgan fingerprint density at radius 3 is 2.00 bits per heavy atom. The van der Waals surface area contributed by atoms with E-state index in [0.29, 0.717) is 5.00 Å². The third kappa shape index (κ3) is 10.5. The van der Waals surface area contributed by atoms with E-state index in [9.17, 15) is 0 Å². The fraction of sp³-hybridized carbons (Fsp3) is 1.00. The van der Waals surface area contributed by atoms with E-state index in [-0.39, 0.29) is 0 Å². The molecule has 0 heterocycles. The first-order valence-electron chi connectivity index (χ1n) is 5.41. The molecule has 0 aliphatic heterocycles. The SMILES string of the molecule is CCCCCCCCCC([SiH3])Cl. The van der Waals surface area contributed by atoms with Gasteiger partial charge in [-0.25, -0.2) is 0 Å². The van der Waals surface area contributed by atoms with Gasteiger partial charge < -0.3 is 0 Å². The van der Waals surface area contributed by atoms with Gasteiger partial charge in [0, 0.05) is 15.2 Å². The third-order valence-electron chi connectivity index (χ3n) is 2.21. The molecule has 0 aliphatic rings. The number of rotatable bonds is 8. The normalized spacial score (nSPS) is 13.5. The lowest BCUT2D eigenvalue weighted by molar-refractivity contribution is 0.582. The highest BCUT2D eigenvalue weighted by Crippen LogP contribution is 2.10. The van der Waals surface area contributed by atoms with Crippen LogP contribution in [0.1, 0.15) is 58.3 Å². The maximum absolute atomic E-state index is 5.90. The Balaban J connectivity index is 2.82. The molecule has 0 N–H and O–H groups in total. The minimum atomic E-state index is 0.514. The monoisotopic (exact) mass is 206 g/mol. The van der Waals surface area contributed by atoms with Crippen LogP contribution < -0.4 is 0 Å². The van der Waals surface area contributed by atoms with E-state index in [1.54, 1.807) is 0 Å². The second kappa shape index (κ2) is 9.59. The van der Waals surface area contributed by atoms with E-state index in [2.05, 4.69) is 6.92 Å². The van der Waals surface area contributed by atoms with Crippen molar-refractivity contribution in [3.63, 3.8) is 0 Å². The van der Waals surface area contributed by atoms with Gasteiger partial charge in [0.25, 0.3) is 0 Å². The summed E-state index contributed by atoms with van der Waals surface area (Å²) < 4.78 is 0. The molecule has 2 heteroatoms. The second-order valence-corrected chi connectivity index (χ2v) is 6.56. The molecule has 0 bridgehead atoms. The lowest BCUT2D eigenvalue weighted by Gasteiger charge is -2.02. The number of halogens is 1. The average molecular weight is 207 g/mol. The molecule has 0 aromatic rings. The molecule has 0 saturated carbocycles. The Hall–Kier alpha value is 0.507. The van der Waals surface area contributed by atoms with Gasteiger partial charge >= 0.3 is 0 Å². The molecule has 0 aromatic heterocycles. The Kier molecular flexibility index (Phi) is 10.00. The Morgan fingerprint density at radius 2 is 1.50 bits per heavy atom. The van der Waals surface area contributed by atoms with Crippen LogP contribution in [0.2, 0.25) is 0 Å². The summed E-state index contributed by atoms with van der Waals surface area (Å²) in [5.74, 6) is 0. The zero-order chi connectivity index (χ0) is 9.23. The van der Waals surface area contributed by atoms with E-state index >= 15 is 0 Å². The molecule has 0 aromatic carbocycles. The minimum Gasteiger partial charge on any atom is -0.128 e. The first-order valence-corrected chi connectivity index (χ1v) is 7.00. The maximum atomic E-state index is 5.90. The summed E-state index contributed by atoms with van der Waals surface area (Å²) in [4.78, 5) is 0. The molecule has 0 rings (SSSR count). The van der Waals surface area contributed by atoms with E-state index in [4.69, 9.17) is 11.6 Å². The Bertz CT molecular complexity index is 83.9. The van der Waals surface area contributed by atoms with Gasteiger partial charge in [0.1, 0.15) is 0 Å². The number of hydrogen-bond acceptors (Lipinski definition) is 0. The summed E-state index contributed by atoms with van der Waals surface area (Å²) in [5.41, 5.74) is 0. The van der Waals surface area contributed by atoms with E-state index in [1.807, 2.05) is 0 Å². The highest BCUT2D eigenvalue weighted by Gasteiger charge is 1.95. The maximum Gasteiger partial charge on any atom is 0.0254 e. The average Bonchev–Trinajstić information content (AvgIpc) is 2.02. The zero-order valence-corrected chi connectivity index (χ0v) is 11.4. The summed E-state index contributed by atoms with van der Waals surface area (Å²) in [6.45, 7) is 2.26. The predicted molar refractivity (Wildman–Crippen MR) is 62.2 cm³/mol. The second-order valence-electron chi connectivity index (χ2n) is 3.69. The first-order chi connectivity index (χ1) is 5.77. The van der Waals surface area contributed by atoms with Gasteiger partial charge in [-0.3, -0.25) is 0 Å². The fourth-order valence-corrected chi connectivity index (χ4v) is 1.95. The molecule has 0 spiro atoms. The molecule has 0 amide bonds. The van der Waals surface area contributed by atoms with Crippen LogP contribution in [0.25, 0.3) is 0 Å². The number of alkyl halides is 1. The van der Waals surface area contributed by atoms with Crippen LogP contribution in [0.15, 0.2) is 0 Å². The third-order valence-corrected chi connectivity index (χ3v) is 3.00. The van der Waals surface area contributed by atoms with Gasteiger partial charge in [-0.2, -0.15) is 0 Å². The van der Waals surface area contributed by atoms with Gasteiger partial charge in [0.05, 0.1) is 0 Å². The van der Waals surface area contributed by atoms with Crippen molar-refractivity contribution in [1.29, 1.82) is 0 Å². The van der Waals surface area contributed by atoms with Crippen molar-refractivity contribution in [3.8, 4) is 0 Å². The summed E-state index contributed by atoms with van der Waals surface area (Å²) in [6, 6.07) is 0. The summed E-state index contributed by atoms with van der Waals surface area (Å²) in [6.07, 6.45) is 11.1. The van der Waals surface area contributed by atoms with E-state index in [1.165, 1.54) is 51.4 Å². The van der Waals surface area contributed by atoms with Crippen molar-refractivity contribution >= 4 is 21.8 Å². The molecule has 74 valence electrons. The van der Waals surface area contributed by atoms with Crippen molar-refractivity contribution < 1.29 is 0 Å². The van der Waals surface area contributed by atoms with Crippen LogP contribution in [-0.2, 0) is 0 Å². The lowest BCUT2D eigenvalue weighted by atomic mass is 10.1. The molecule has 12 heavy (non-hydrogen) atoms. The van der Waals surface area contributed by atoms with Crippen LogP contribution in [0.4, 0.5) is 0 Å². The van der Waals surface area contributed by atoms with Gasteiger partial charge in [-0.1, -0.05) is 51.9 Å². The summed E-state index contributed by atoms with van der Waals surface area (Å²) in [7, 11) is 1.15. The lowest BCUT2D eigenvalue weighted by Crippen LogP contribution is -1.95. The number of unbranched alkanes of at least 4 members (excludes halogenated alkanes) is 6. The van der Waals surface area contributed by atoms with Crippen LogP contribution in [0.5, 0.6) is 0 Å². The zero-order valence-electron chi connectivity index (χ0n) is 8.61. The molecular formula is C10H23ClSi. The number of hydrogen-bond donors (Lipinski definition) is 0. The minimum absolute atomic E-state index is 0.514. The Morgan fingerprint density at radius 1 is 1.00 bits per heavy atom. The molecule has 0 nitrogen and oxygen atoms in total. The van der Waals surface area contributed by atoms with Crippen molar-refractivity contribution in [3.05, 3.63) is 0 Å². The van der Waals surface area contributed by atoms with Crippen LogP contribution in [0.3, 0.4) is 0 Å². The Labute approximate surface area is 85.5 Å². The fourth-order valence-electron chi connectivity index (χ4n) is 1.38. The summed E-state index contributed by atoms with van der Waals surface area (Å²) >= 11 is 5.90. The van der Waals surface area contributed by atoms with Crippen LogP contribution in [-0.4, -0.2) is 15.2 Å². The van der Waals surface area contributed by atoms with Crippen molar-refractivity contribution in [2.75, 3.05) is 0 Å². The molecule has 0 aliphatic carbocycles. The topological polar surface area (TPSA) is 0 Å². The highest BCUT2D eigenvalue weighted by molar-refractivity contribution is 6.40. The highest BCUT2D eigenvalue weighted by atomic mass is 35.5. The quantitative estimate of drug-likeness (QED) is 0.326. The summed E-state index contributed by atoms with van der Waals surface area (Å²) in [5, 5.41) is 0.514. The van der Waals surface area contributed by atoms with E-state index < -0.39 is 0 Å². The molecule has 1 atom stereocenters. The molecule has 1 unspecified atom stereocenters. The standard InChI is InChI=1S/C10H23ClSi/c1-2-3-4-5-6-7-8-9-10(11)12/h10H,2-9H2,1,12H3. The smallest absolute Gasteiger partial charge is 0.0254 e. The van der Waals surface area contributed by atoms with E-state index in [0.717, 1.165) is 10.2 Å². The predicted octanol–water partition coefficient (Wildman–Crippen LogP) is 3.06. The first kappa shape index (κ1) is 12.5. The molecule has 0 fully saturated rings. The van der Waals surface area contributed by atoms with Crippen molar-refractivity contribution in [2.45, 2.75) is 63.3 Å². The van der Waals surface area contributed by atoms with Gasteiger partial charge in [0.15, 0.2) is 0 Å². The van der Waals surface area contributed by atoms with Crippen molar-refractivity contribution in [1.82, 2.24) is 0 Å². The van der Waals surface area contributed by atoms with Gasteiger partial charge in [-0.15, -0.1) is 11.6 Å². The molecule has 0 radical (unpaired) electrons. The largest absolute Gasteiger partial charge is 0.128 e. The molecule has 0 saturated heterocycles. The van der Waals surface area contributed by atoms with Crippen LogP contribution >= 0.6 is 11.6 Å².